The molecule has 0 atom stereocenters. The van der Waals surface area contributed by atoms with E-state index in [9.17, 15) is 14.7 Å². The number of likely N-dealkylation sites (tertiary alicyclic amines) is 1. The van der Waals surface area contributed by atoms with Crippen LogP contribution in [0.3, 0.4) is 0 Å². The molecule has 0 saturated carbocycles. The third-order valence-electron chi connectivity index (χ3n) is 5.19. The smallest absolute Gasteiger partial charge is 0.339 e. The van der Waals surface area contributed by atoms with Crippen molar-refractivity contribution in [1.82, 2.24) is 19.7 Å². The number of carboxylic acid groups (broad SMARTS) is 1. The normalized spacial score (nSPS) is 15.5. The highest BCUT2D eigenvalue weighted by molar-refractivity contribution is 6.05. The van der Waals surface area contributed by atoms with Gasteiger partial charge < -0.3 is 15.0 Å². The maximum absolute atomic E-state index is 12.9. The third-order valence-corrected chi connectivity index (χ3v) is 5.19. The predicted octanol–water partition coefficient (Wildman–Crippen LogP) is 2.85. The molecule has 134 valence electrons. The molecule has 1 aliphatic rings. The maximum atomic E-state index is 12.9. The zero-order valence-corrected chi connectivity index (χ0v) is 14.5. The molecule has 4 rings (SSSR count). The lowest BCUT2D eigenvalue weighted by molar-refractivity contribution is 0.0689. The molecule has 2 N–H and O–H groups in total. The molecular weight excluding hydrogens is 332 g/mol. The van der Waals surface area contributed by atoms with Gasteiger partial charge in [-0.05, 0) is 31.9 Å². The van der Waals surface area contributed by atoms with Crippen LogP contribution in [0.1, 0.15) is 45.3 Å². The van der Waals surface area contributed by atoms with Crippen molar-refractivity contribution >= 4 is 22.8 Å². The van der Waals surface area contributed by atoms with Crippen LogP contribution in [0.2, 0.25) is 0 Å². The van der Waals surface area contributed by atoms with Gasteiger partial charge in [0.25, 0.3) is 5.91 Å². The second-order valence-electron chi connectivity index (χ2n) is 6.66. The molecule has 1 fully saturated rings. The number of aromatic amines is 1. The van der Waals surface area contributed by atoms with Crippen LogP contribution >= 0.6 is 0 Å². The number of hydrogen-bond acceptors (Lipinski definition) is 3. The highest BCUT2D eigenvalue weighted by atomic mass is 16.4. The van der Waals surface area contributed by atoms with Gasteiger partial charge in [0.05, 0.1) is 29.0 Å². The van der Waals surface area contributed by atoms with Gasteiger partial charge in [-0.2, -0.15) is 5.10 Å². The molecule has 3 aromatic rings. The molecule has 1 saturated heterocycles. The van der Waals surface area contributed by atoms with Gasteiger partial charge in [-0.15, -0.1) is 0 Å². The van der Waals surface area contributed by atoms with Crippen LogP contribution in [-0.4, -0.2) is 49.7 Å². The molecule has 0 unspecified atom stereocenters. The molecule has 1 amide bonds. The second kappa shape index (κ2) is 6.33. The SMILES string of the molecule is Cc1c(C(=O)O)cnn1C1CCN(C(=O)c2cccc3cc[nH]c23)CC1. The molecule has 0 radical (unpaired) electrons. The molecule has 2 aromatic heterocycles. The van der Waals surface area contributed by atoms with E-state index < -0.39 is 5.97 Å². The largest absolute Gasteiger partial charge is 0.478 e. The van der Waals surface area contributed by atoms with Crippen LogP contribution in [0.25, 0.3) is 10.9 Å². The van der Waals surface area contributed by atoms with Crippen LogP contribution in [0.15, 0.2) is 36.7 Å². The average molecular weight is 352 g/mol. The zero-order valence-electron chi connectivity index (χ0n) is 14.5. The van der Waals surface area contributed by atoms with E-state index in [1.165, 1.54) is 6.20 Å². The van der Waals surface area contributed by atoms with Crippen molar-refractivity contribution in [3.8, 4) is 0 Å². The number of carbonyl (C=O) groups excluding carboxylic acids is 1. The fourth-order valence-electron chi connectivity index (χ4n) is 3.75. The van der Waals surface area contributed by atoms with Crippen LogP contribution in [0.4, 0.5) is 0 Å². The minimum atomic E-state index is -0.958. The number of amides is 1. The first kappa shape index (κ1) is 16.4. The summed E-state index contributed by atoms with van der Waals surface area (Å²) in [5, 5.41) is 14.5. The highest BCUT2D eigenvalue weighted by Gasteiger charge is 2.27. The topological polar surface area (TPSA) is 91.2 Å². The Kier molecular flexibility index (Phi) is 3.99. The van der Waals surface area contributed by atoms with Crippen molar-refractivity contribution in [2.24, 2.45) is 0 Å². The summed E-state index contributed by atoms with van der Waals surface area (Å²) >= 11 is 0. The standard InChI is InChI=1S/C19H20N4O3/c1-12-16(19(25)26)11-21-23(12)14-6-9-22(10-7-14)18(24)15-4-2-3-13-5-8-20-17(13)15/h2-5,8,11,14,20H,6-7,9-10H2,1H3,(H,25,26). The fraction of sp³-hybridized carbons (Fsp3) is 0.316. The minimum Gasteiger partial charge on any atom is -0.478 e. The number of H-pyrrole nitrogens is 1. The number of para-hydroxylation sites is 1. The number of fused-ring (bicyclic) bond motifs is 1. The molecule has 7 heteroatoms. The summed E-state index contributed by atoms with van der Waals surface area (Å²) in [6.07, 6.45) is 4.76. The van der Waals surface area contributed by atoms with Gasteiger partial charge in [0.1, 0.15) is 5.56 Å². The number of nitrogens with zero attached hydrogens (tertiary/aromatic N) is 3. The Balaban J connectivity index is 1.49. The first-order chi connectivity index (χ1) is 12.6. The van der Waals surface area contributed by atoms with E-state index in [0.717, 1.165) is 23.7 Å². The van der Waals surface area contributed by atoms with Crippen molar-refractivity contribution in [3.63, 3.8) is 0 Å². The van der Waals surface area contributed by atoms with Crippen molar-refractivity contribution in [3.05, 3.63) is 53.5 Å². The molecular formula is C19H20N4O3. The summed E-state index contributed by atoms with van der Waals surface area (Å²) in [5.41, 5.74) is 2.46. The third kappa shape index (κ3) is 2.65. The fourth-order valence-corrected chi connectivity index (χ4v) is 3.75. The van der Waals surface area contributed by atoms with Gasteiger partial charge in [0.2, 0.25) is 0 Å². The Bertz CT molecular complexity index is 980. The Morgan fingerprint density at radius 1 is 1.19 bits per heavy atom. The first-order valence-electron chi connectivity index (χ1n) is 8.69. The van der Waals surface area contributed by atoms with Crippen molar-refractivity contribution in [2.75, 3.05) is 13.1 Å². The van der Waals surface area contributed by atoms with Gasteiger partial charge >= 0.3 is 5.97 Å². The number of hydrogen-bond donors (Lipinski definition) is 2. The van der Waals surface area contributed by atoms with E-state index in [-0.39, 0.29) is 17.5 Å². The summed E-state index contributed by atoms with van der Waals surface area (Å²) in [6, 6.07) is 7.81. The number of rotatable bonds is 3. The average Bonchev–Trinajstić information content (AvgIpc) is 3.27. The van der Waals surface area contributed by atoms with Crippen LogP contribution in [0, 0.1) is 6.92 Å². The summed E-state index contributed by atoms with van der Waals surface area (Å²) in [6.45, 7) is 3.03. The minimum absolute atomic E-state index is 0.0277. The van der Waals surface area contributed by atoms with Gasteiger partial charge in [0.15, 0.2) is 0 Å². The molecule has 3 heterocycles. The zero-order chi connectivity index (χ0) is 18.3. The molecule has 0 spiro atoms. The summed E-state index contributed by atoms with van der Waals surface area (Å²) in [5.74, 6) is -0.930. The lowest BCUT2D eigenvalue weighted by Crippen LogP contribution is -2.39. The number of aromatic carboxylic acids is 1. The lowest BCUT2D eigenvalue weighted by atomic mass is 10.0. The quantitative estimate of drug-likeness (QED) is 0.758. The van der Waals surface area contributed by atoms with E-state index in [0.29, 0.717) is 24.3 Å². The van der Waals surface area contributed by atoms with Crippen molar-refractivity contribution in [1.29, 1.82) is 0 Å². The van der Waals surface area contributed by atoms with E-state index in [4.69, 9.17) is 0 Å². The number of aromatic nitrogens is 3. The van der Waals surface area contributed by atoms with Gasteiger partial charge in [-0.1, -0.05) is 12.1 Å². The Morgan fingerprint density at radius 2 is 1.96 bits per heavy atom. The van der Waals surface area contributed by atoms with Gasteiger partial charge in [-0.25, -0.2) is 4.79 Å². The van der Waals surface area contributed by atoms with Gasteiger partial charge in [-0.3, -0.25) is 9.48 Å². The Morgan fingerprint density at radius 3 is 2.65 bits per heavy atom. The number of benzene rings is 1. The summed E-state index contributed by atoms with van der Waals surface area (Å²) in [7, 11) is 0. The van der Waals surface area contributed by atoms with Crippen LogP contribution in [0.5, 0.6) is 0 Å². The van der Waals surface area contributed by atoms with E-state index >= 15 is 0 Å². The molecule has 26 heavy (non-hydrogen) atoms. The summed E-state index contributed by atoms with van der Waals surface area (Å²) in [4.78, 5) is 29.1. The molecule has 1 aliphatic heterocycles. The predicted molar refractivity (Wildman–Crippen MR) is 96.4 cm³/mol. The molecule has 7 nitrogen and oxygen atoms in total. The van der Waals surface area contributed by atoms with Crippen molar-refractivity contribution < 1.29 is 14.7 Å². The summed E-state index contributed by atoms with van der Waals surface area (Å²) < 4.78 is 1.79. The molecule has 1 aromatic carbocycles. The van der Waals surface area contributed by atoms with Crippen LogP contribution < -0.4 is 0 Å². The number of nitrogens with one attached hydrogen (secondary N) is 1. The Hall–Kier alpha value is -3.09. The van der Waals surface area contributed by atoms with Crippen LogP contribution in [-0.2, 0) is 0 Å². The van der Waals surface area contributed by atoms with Crippen molar-refractivity contribution in [2.45, 2.75) is 25.8 Å². The van der Waals surface area contributed by atoms with E-state index in [2.05, 4.69) is 10.1 Å². The lowest BCUT2D eigenvalue weighted by Gasteiger charge is -2.32. The molecule has 0 aliphatic carbocycles. The molecule has 0 bridgehead atoms. The maximum Gasteiger partial charge on any atom is 0.339 e. The number of piperidine rings is 1. The van der Waals surface area contributed by atoms with Gasteiger partial charge in [0, 0.05) is 24.7 Å². The number of carbonyl (C=O) groups is 2. The highest BCUT2D eigenvalue weighted by Crippen LogP contribution is 2.26. The number of carboxylic acids is 1. The first-order valence-corrected chi connectivity index (χ1v) is 8.69. The Labute approximate surface area is 150 Å². The second-order valence-corrected chi connectivity index (χ2v) is 6.66. The van der Waals surface area contributed by atoms with E-state index in [1.54, 1.807) is 11.6 Å². The monoisotopic (exact) mass is 352 g/mol. The van der Waals surface area contributed by atoms with E-state index in [1.807, 2.05) is 35.4 Å².